The molecule has 5 aromatic rings. The number of amides is 1. The lowest BCUT2D eigenvalue weighted by molar-refractivity contribution is 0.0563. The fraction of sp³-hybridized carbons (Fsp3) is 0.267. The zero-order valence-corrected chi connectivity index (χ0v) is 24.1. The van der Waals surface area contributed by atoms with Gasteiger partial charge in [0.15, 0.2) is 27.0 Å². The molecule has 0 saturated carbocycles. The molecule has 4 aromatic heterocycles. The van der Waals surface area contributed by atoms with Crippen molar-refractivity contribution in [2.45, 2.75) is 48.6 Å². The zero-order valence-electron chi connectivity index (χ0n) is 23.3. The maximum absolute atomic E-state index is 13.5. The molecule has 12 nitrogen and oxygen atoms in total. The number of nitrogens with zero attached hydrogens (tertiary/aromatic N) is 7. The number of sulfone groups is 1. The largest absolute Gasteiger partial charge is 0.382 e. The summed E-state index contributed by atoms with van der Waals surface area (Å²) in [5.41, 5.74) is 16.8. The first-order chi connectivity index (χ1) is 20.7. The number of nitrogen functional groups attached to an aromatic ring is 2. The van der Waals surface area contributed by atoms with Gasteiger partial charge in [0.25, 0.3) is 5.91 Å². The Labute approximate surface area is 247 Å². The first-order valence-electron chi connectivity index (χ1n) is 14.0. The monoisotopic (exact) mass is 595 g/mol. The standard InChI is InChI=1S/C30H29N9O3S/c1-43(41,42)26-24(19-13-20-8-9-21(14-19)38(20)30(40)25-27(31)34-12-11-33-25)37-29-22(16-36-39(29)28(26)32)18-7-10-23(35-15-18)17-5-3-2-4-6-17/h2-7,10-12,15-16,19-21H,8-9,13-14,32H2,1H3,(H2,31,34)/t19-,20+,21-. The summed E-state index contributed by atoms with van der Waals surface area (Å²) < 4.78 is 27.6. The summed E-state index contributed by atoms with van der Waals surface area (Å²) in [7, 11) is -3.77. The van der Waals surface area contributed by atoms with Crippen LogP contribution in [0.2, 0.25) is 0 Å². The van der Waals surface area contributed by atoms with Crippen molar-refractivity contribution in [3.63, 3.8) is 0 Å². The summed E-state index contributed by atoms with van der Waals surface area (Å²) in [5.74, 6) is -0.389. The maximum Gasteiger partial charge on any atom is 0.276 e. The van der Waals surface area contributed by atoms with Crippen molar-refractivity contribution in [2.24, 2.45) is 0 Å². The lowest BCUT2D eigenvalue weighted by Gasteiger charge is -2.39. The van der Waals surface area contributed by atoms with Gasteiger partial charge in [-0.3, -0.25) is 9.78 Å². The number of hydrogen-bond acceptors (Lipinski definition) is 10. The first kappa shape index (κ1) is 27.0. The Hall–Kier alpha value is -4.91. The van der Waals surface area contributed by atoms with Crippen LogP contribution >= 0.6 is 0 Å². The first-order valence-corrected chi connectivity index (χ1v) is 15.9. The third-order valence-electron chi connectivity index (χ3n) is 8.46. The van der Waals surface area contributed by atoms with Crippen LogP contribution in [0.1, 0.15) is 47.8 Å². The number of rotatable bonds is 5. The molecule has 2 bridgehead atoms. The van der Waals surface area contributed by atoms with Crippen LogP contribution in [0.15, 0.2) is 72.1 Å². The summed E-state index contributed by atoms with van der Waals surface area (Å²) in [6, 6.07) is 13.5. The van der Waals surface area contributed by atoms with Crippen LogP contribution in [-0.4, -0.2) is 67.1 Å². The molecule has 2 aliphatic rings. The molecule has 218 valence electrons. The van der Waals surface area contributed by atoms with E-state index in [4.69, 9.17) is 16.5 Å². The van der Waals surface area contributed by atoms with Crippen molar-refractivity contribution in [3.8, 4) is 22.4 Å². The predicted octanol–water partition coefficient (Wildman–Crippen LogP) is 3.37. The van der Waals surface area contributed by atoms with Crippen LogP contribution < -0.4 is 11.5 Å². The number of hydrogen-bond donors (Lipinski definition) is 2. The van der Waals surface area contributed by atoms with Gasteiger partial charge in [0.1, 0.15) is 10.7 Å². The highest BCUT2D eigenvalue weighted by molar-refractivity contribution is 7.91. The number of piperidine rings is 1. The summed E-state index contributed by atoms with van der Waals surface area (Å²) >= 11 is 0. The summed E-state index contributed by atoms with van der Waals surface area (Å²) in [5, 5.41) is 4.41. The van der Waals surface area contributed by atoms with Crippen LogP contribution in [0.4, 0.5) is 11.6 Å². The van der Waals surface area contributed by atoms with Crippen molar-refractivity contribution in [2.75, 3.05) is 17.7 Å². The van der Waals surface area contributed by atoms with Crippen molar-refractivity contribution in [3.05, 3.63) is 78.6 Å². The molecule has 0 aliphatic carbocycles. The van der Waals surface area contributed by atoms with E-state index in [0.717, 1.165) is 35.9 Å². The predicted molar refractivity (Wildman–Crippen MR) is 161 cm³/mol. The van der Waals surface area contributed by atoms with Gasteiger partial charge in [-0.05, 0) is 31.7 Å². The SMILES string of the molecule is CS(=O)(=O)c1c([C@H]2C[C@H]3CC[C@@H](C2)N3C(=O)c2nccnc2N)nc2c(-c3ccc(-c4ccccc4)nc3)cnn2c1N. The van der Waals surface area contributed by atoms with Gasteiger partial charge in [-0.25, -0.2) is 23.4 Å². The van der Waals surface area contributed by atoms with Crippen LogP contribution in [0, 0.1) is 0 Å². The van der Waals surface area contributed by atoms with Gasteiger partial charge in [-0.1, -0.05) is 36.4 Å². The second kappa shape index (κ2) is 10.1. The number of benzene rings is 1. The topological polar surface area (TPSA) is 175 Å². The van der Waals surface area contributed by atoms with Crippen LogP contribution in [0.25, 0.3) is 28.0 Å². The Balaban J connectivity index is 1.27. The van der Waals surface area contributed by atoms with E-state index in [1.165, 1.54) is 16.9 Å². The molecular weight excluding hydrogens is 566 g/mol. The molecule has 2 saturated heterocycles. The van der Waals surface area contributed by atoms with Gasteiger partial charge >= 0.3 is 0 Å². The third kappa shape index (κ3) is 4.56. The van der Waals surface area contributed by atoms with E-state index >= 15 is 0 Å². The number of carbonyl (C=O) groups excluding carboxylic acids is 1. The van der Waals surface area contributed by atoms with E-state index < -0.39 is 9.84 Å². The summed E-state index contributed by atoms with van der Waals surface area (Å²) in [4.78, 5) is 33.1. The molecule has 0 radical (unpaired) electrons. The normalized spacial score (nSPS) is 20.0. The van der Waals surface area contributed by atoms with E-state index in [-0.39, 0.29) is 46.1 Å². The lowest BCUT2D eigenvalue weighted by Crippen LogP contribution is -2.46. The molecule has 6 heterocycles. The van der Waals surface area contributed by atoms with E-state index in [0.29, 0.717) is 29.7 Å². The molecule has 0 unspecified atom stereocenters. The molecule has 1 aromatic carbocycles. The average molecular weight is 596 g/mol. The van der Waals surface area contributed by atoms with Gasteiger partial charge in [-0.15, -0.1) is 0 Å². The Kier molecular flexibility index (Phi) is 6.34. The molecule has 43 heavy (non-hydrogen) atoms. The maximum atomic E-state index is 13.5. The van der Waals surface area contributed by atoms with Gasteiger partial charge < -0.3 is 16.4 Å². The number of pyridine rings is 1. The second-order valence-electron chi connectivity index (χ2n) is 11.1. The Morgan fingerprint density at radius 2 is 1.63 bits per heavy atom. The van der Waals surface area contributed by atoms with Crippen molar-refractivity contribution >= 4 is 33.0 Å². The fourth-order valence-electron chi connectivity index (χ4n) is 6.58. The minimum absolute atomic E-state index is 0.0146. The molecule has 4 N–H and O–H groups in total. The summed E-state index contributed by atoms with van der Waals surface area (Å²) in [6.07, 6.45) is 10.1. The Bertz CT molecular complexity index is 1960. The number of anilines is 2. The van der Waals surface area contributed by atoms with Crippen LogP contribution in [-0.2, 0) is 9.84 Å². The third-order valence-corrected chi connectivity index (χ3v) is 9.62. The van der Waals surface area contributed by atoms with Crippen molar-refractivity contribution < 1.29 is 13.2 Å². The van der Waals surface area contributed by atoms with Crippen molar-refractivity contribution in [1.29, 1.82) is 0 Å². The quantitative estimate of drug-likeness (QED) is 0.306. The highest BCUT2D eigenvalue weighted by Crippen LogP contribution is 2.46. The molecule has 2 aliphatic heterocycles. The smallest absolute Gasteiger partial charge is 0.276 e. The fourth-order valence-corrected chi connectivity index (χ4v) is 7.64. The number of fused-ring (bicyclic) bond motifs is 3. The van der Waals surface area contributed by atoms with Crippen molar-refractivity contribution in [1.82, 2.24) is 34.4 Å². The molecular formula is C30H29N9O3S. The number of aromatic nitrogens is 6. The molecule has 0 spiro atoms. The van der Waals surface area contributed by atoms with Crippen LogP contribution in [0.3, 0.4) is 0 Å². The lowest BCUT2D eigenvalue weighted by atomic mass is 9.87. The minimum atomic E-state index is -3.77. The number of nitrogens with two attached hydrogens (primary N) is 2. The van der Waals surface area contributed by atoms with E-state index in [9.17, 15) is 13.2 Å². The molecule has 13 heteroatoms. The van der Waals surface area contributed by atoms with E-state index in [1.807, 2.05) is 47.4 Å². The van der Waals surface area contributed by atoms with E-state index in [1.54, 1.807) is 12.4 Å². The highest BCUT2D eigenvalue weighted by Gasteiger charge is 2.46. The minimum Gasteiger partial charge on any atom is -0.382 e. The summed E-state index contributed by atoms with van der Waals surface area (Å²) in [6.45, 7) is 0. The van der Waals surface area contributed by atoms with Crippen LogP contribution in [0.5, 0.6) is 0 Å². The van der Waals surface area contributed by atoms with Gasteiger partial charge in [0.05, 0.1) is 17.6 Å². The Morgan fingerprint density at radius 3 is 2.28 bits per heavy atom. The number of carbonyl (C=O) groups is 1. The highest BCUT2D eigenvalue weighted by atomic mass is 32.2. The molecule has 2 fully saturated rings. The Morgan fingerprint density at radius 1 is 0.907 bits per heavy atom. The zero-order chi connectivity index (χ0) is 29.9. The second-order valence-corrected chi connectivity index (χ2v) is 13.1. The van der Waals surface area contributed by atoms with Gasteiger partial charge in [0.2, 0.25) is 0 Å². The molecule has 7 rings (SSSR count). The molecule has 3 atom stereocenters. The van der Waals surface area contributed by atoms with E-state index in [2.05, 4.69) is 20.1 Å². The molecule has 1 amide bonds. The van der Waals surface area contributed by atoms with Gasteiger partial charge in [0, 0.05) is 59.5 Å². The van der Waals surface area contributed by atoms with Gasteiger partial charge in [-0.2, -0.15) is 9.61 Å². The average Bonchev–Trinajstić information content (AvgIpc) is 3.55.